The highest BCUT2D eigenvalue weighted by molar-refractivity contribution is 14.0. The maximum absolute atomic E-state index is 12.1. The molecule has 0 unspecified atom stereocenters. The number of likely N-dealkylation sites (tertiary alicyclic amines) is 1. The minimum Gasteiger partial charge on any atom is -0.356 e. The maximum Gasteiger partial charge on any atom is 0.222 e. The molecule has 6 heteroatoms. The lowest BCUT2D eigenvalue weighted by Crippen LogP contribution is -2.43. The zero-order valence-corrected chi connectivity index (χ0v) is 21.1. The van der Waals surface area contributed by atoms with Crippen LogP contribution in [0.15, 0.2) is 65.7 Å². The summed E-state index contributed by atoms with van der Waals surface area (Å²) in [7, 11) is 0. The fourth-order valence-electron chi connectivity index (χ4n) is 4.30. The largest absolute Gasteiger partial charge is 0.356 e. The van der Waals surface area contributed by atoms with Gasteiger partial charge in [-0.05, 0) is 42.0 Å². The number of aliphatic imine (C=N–C) groups is 1. The predicted octanol–water partition coefficient (Wildman–Crippen LogP) is 4.68. The van der Waals surface area contributed by atoms with Crippen LogP contribution in [0.2, 0.25) is 0 Å². The number of hydrogen-bond donors (Lipinski definition) is 1. The van der Waals surface area contributed by atoms with E-state index >= 15 is 0 Å². The zero-order valence-electron chi connectivity index (χ0n) is 18.8. The van der Waals surface area contributed by atoms with Gasteiger partial charge in [-0.2, -0.15) is 0 Å². The van der Waals surface area contributed by atoms with Gasteiger partial charge in [0.25, 0.3) is 0 Å². The molecule has 0 spiro atoms. The molecule has 0 saturated carbocycles. The first kappa shape index (κ1) is 24.3. The van der Waals surface area contributed by atoms with Crippen molar-refractivity contribution in [2.45, 2.75) is 39.3 Å². The highest BCUT2D eigenvalue weighted by Crippen LogP contribution is 2.22. The molecule has 4 rings (SSSR count). The van der Waals surface area contributed by atoms with Crippen LogP contribution in [-0.4, -0.2) is 47.8 Å². The Morgan fingerprint density at radius 2 is 1.75 bits per heavy atom. The molecule has 0 atom stereocenters. The number of amides is 1. The average molecular weight is 544 g/mol. The lowest BCUT2D eigenvalue weighted by molar-refractivity contribution is -0.128. The van der Waals surface area contributed by atoms with Crippen molar-refractivity contribution in [2.75, 3.05) is 26.2 Å². The molecular weight excluding hydrogens is 511 g/mol. The molecule has 32 heavy (non-hydrogen) atoms. The Bertz CT molecular complexity index is 957. The Hall–Kier alpha value is -2.35. The van der Waals surface area contributed by atoms with E-state index in [0.717, 1.165) is 45.0 Å². The highest BCUT2D eigenvalue weighted by atomic mass is 127. The van der Waals surface area contributed by atoms with E-state index in [1.54, 1.807) is 0 Å². The van der Waals surface area contributed by atoms with Crippen LogP contribution in [0.4, 0.5) is 0 Å². The Kier molecular flexibility index (Phi) is 9.14. The number of halogens is 1. The van der Waals surface area contributed by atoms with Gasteiger partial charge >= 0.3 is 0 Å². The molecule has 2 aromatic rings. The van der Waals surface area contributed by atoms with Crippen LogP contribution in [0.3, 0.4) is 0 Å². The molecule has 170 valence electrons. The number of rotatable bonds is 6. The molecule has 1 amide bonds. The standard InChI is InChI=1S/C26H32N4O.HI/c1-2-27-26(29-17-14-22(15-18-29)21-9-4-3-5-10-21)28-19-23-11-6-7-12-24(23)20-30-16-8-13-25(30)31;/h3-7,9-12,14H,2,8,13,15-20H2,1H3,(H,27,28);1H. The zero-order chi connectivity index (χ0) is 21.5. The predicted molar refractivity (Wildman–Crippen MR) is 142 cm³/mol. The number of benzene rings is 2. The van der Waals surface area contributed by atoms with Crippen molar-refractivity contribution < 1.29 is 4.79 Å². The van der Waals surface area contributed by atoms with Crippen molar-refractivity contribution in [3.8, 4) is 0 Å². The van der Waals surface area contributed by atoms with Crippen molar-refractivity contribution in [2.24, 2.45) is 4.99 Å². The van der Waals surface area contributed by atoms with Crippen LogP contribution in [0.5, 0.6) is 0 Å². The van der Waals surface area contributed by atoms with Gasteiger partial charge in [0.2, 0.25) is 5.91 Å². The van der Waals surface area contributed by atoms with E-state index in [1.807, 2.05) is 4.90 Å². The molecule has 0 bridgehead atoms. The summed E-state index contributed by atoms with van der Waals surface area (Å²) in [4.78, 5) is 21.3. The van der Waals surface area contributed by atoms with Crippen molar-refractivity contribution in [3.63, 3.8) is 0 Å². The monoisotopic (exact) mass is 544 g/mol. The summed E-state index contributed by atoms with van der Waals surface area (Å²) in [5.74, 6) is 1.22. The van der Waals surface area contributed by atoms with E-state index in [9.17, 15) is 4.79 Å². The number of nitrogens with one attached hydrogen (secondary N) is 1. The van der Waals surface area contributed by atoms with Gasteiger partial charge < -0.3 is 15.1 Å². The summed E-state index contributed by atoms with van der Waals surface area (Å²) >= 11 is 0. The van der Waals surface area contributed by atoms with Gasteiger partial charge in [0.1, 0.15) is 0 Å². The third-order valence-corrected chi connectivity index (χ3v) is 6.04. The second kappa shape index (κ2) is 12.0. The molecule has 1 fully saturated rings. The minimum absolute atomic E-state index is 0. The van der Waals surface area contributed by atoms with E-state index in [4.69, 9.17) is 4.99 Å². The fourth-order valence-corrected chi connectivity index (χ4v) is 4.30. The highest BCUT2D eigenvalue weighted by Gasteiger charge is 2.21. The first-order valence-corrected chi connectivity index (χ1v) is 11.4. The van der Waals surface area contributed by atoms with Crippen LogP contribution < -0.4 is 5.32 Å². The summed E-state index contributed by atoms with van der Waals surface area (Å²) in [6.45, 7) is 6.94. The number of carbonyl (C=O) groups excluding carboxylic acids is 1. The number of nitrogens with zero attached hydrogens (tertiary/aromatic N) is 3. The summed E-state index contributed by atoms with van der Waals surface area (Å²) in [6, 6.07) is 19.0. The van der Waals surface area contributed by atoms with Crippen molar-refractivity contribution in [1.29, 1.82) is 0 Å². The SMILES string of the molecule is CCNC(=NCc1ccccc1CN1CCCC1=O)N1CC=C(c2ccccc2)CC1.I. The summed E-state index contributed by atoms with van der Waals surface area (Å²) in [5.41, 5.74) is 5.11. The number of hydrogen-bond acceptors (Lipinski definition) is 2. The lowest BCUT2D eigenvalue weighted by Gasteiger charge is -2.30. The van der Waals surface area contributed by atoms with Crippen molar-refractivity contribution in [3.05, 3.63) is 77.4 Å². The van der Waals surface area contributed by atoms with Crippen molar-refractivity contribution >= 4 is 41.4 Å². The molecule has 2 aromatic carbocycles. The van der Waals surface area contributed by atoms with Crippen LogP contribution >= 0.6 is 24.0 Å². The third kappa shape index (κ3) is 6.12. The maximum atomic E-state index is 12.1. The third-order valence-electron chi connectivity index (χ3n) is 6.04. The summed E-state index contributed by atoms with van der Waals surface area (Å²) in [5, 5.41) is 3.46. The van der Waals surface area contributed by atoms with Gasteiger partial charge in [-0.1, -0.05) is 60.7 Å². The Balaban J connectivity index is 0.00000289. The van der Waals surface area contributed by atoms with Crippen LogP contribution in [-0.2, 0) is 17.9 Å². The molecule has 0 aliphatic carbocycles. The van der Waals surface area contributed by atoms with Gasteiger partial charge in [0.05, 0.1) is 6.54 Å². The molecular formula is C26H33IN4O. The molecule has 0 radical (unpaired) electrons. The van der Waals surface area contributed by atoms with Gasteiger partial charge in [-0.3, -0.25) is 4.79 Å². The van der Waals surface area contributed by atoms with Gasteiger partial charge in [0, 0.05) is 39.1 Å². The second-order valence-electron chi connectivity index (χ2n) is 8.15. The Labute approximate surface area is 208 Å². The normalized spacial score (nSPS) is 16.6. The second-order valence-corrected chi connectivity index (χ2v) is 8.15. The van der Waals surface area contributed by atoms with Crippen molar-refractivity contribution in [1.82, 2.24) is 15.1 Å². The average Bonchev–Trinajstić information content (AvgIpc) is 3.22. The minimum atomic E-state index is 0. The van der Waals surface area contributed by atoms with Crippen LogP contribution in [0.1, 0.15) is 42.9 Å². The Morgan fingerprint density at radius 3 is 2.41 bits per heavy atom. The van der Waals surface area contributed by atoms with Gasteiger partial charge in [-0.15, -0.1) is 24.0 Å². The molecule has 2 aliphatic rings. The fraction of sp³-hybridized carbons (Fsp3) is 0.385. The molecule has 2 aliphatic heterocycles. The summed E-state index contributed by atoms with van der Waals surface area (Å²) in [6.07, 6.45) is 4.98. The first-order chi connectivity index (χ1) is 15.2. The van der Waals surface area contributed by atoms with E-state index in [-0.39, 0.29) is 29.9 Å². The van der Waals surface area contributed by atoms with Gasteiger partial charge in [0.15, 0.2) is 5.96 Å². The lowest BCUT2D eigenvalue weighted by atomic mass is 10.00. The molecule has 0 aromatic heterocycles. The Morgan fingerprint density at radius 1 is 1.00 bits per heavy atom. The number of carbonyl (C=O) groups is 1. The quantitative estimate of drug-likeness (QED) is 0.327. The smallest absolute Gasteiger partial charge is 0.222 e. The molecule has 1 N–H and O–H groups in total. The van der Waals surface area contributed by atoms with E-state index < -0.39 is 0 Å². The van der Waals surface area contributed by atoms with E-state index in [2.05, 4.69) is 77.8 Å². The first-order valence-electron chi connectivity index (χ1n) is 11.4. The van der Waals surface area contributed by atoms with E-state index in [0.29, 0.717) is 19.5 Å². The topological polar surface area (TPSA) is 47.9 Å². The summed E-state index contributed by atoms with van der Waals surface area (Å²) < 4.78 is 0. The van der Waals surface area contributed by atoms with Gasteiger partial charge in [-0.25, -0.2) is 4.99 Å². The van der Waals surface area contributed by atoms with E-state index in [1.165, 1.54) is 22.3 Å². The van der Waals surface area contributed by atoms with Crippen LogP contribution in [0.25, 0.3) is 5.57 Å². The molecule has 1 saturated heterocycles. The number of guanidine groups is 1. The van der Waals surface area contributed by atoms with Crippen LogP contribution in [0, 0.1) is 0 Å². The molecule has 5 nitrogen and oxygen atoms in total. The molecule has 2 heterocycles.